The van der Waals surface area contributed by atoms with E-state index >= 15 is 0 Å². The van der Waals surface area contributed by atoms with E-state index in [2.05, 4.69) is 23.2 Å². The summed E-state index contributed by atoms with van der Waals surface area (Å²) in [6, 6.07) is 2.08. The SMILES string of the molecule is CCCc1cc2c(N3CCn4c(nnc4C(F)(F)F)C3)nc(N3CC[C@@H](OC(C)=O)C3)nc2s1. The molecule has 9 nitrogen and oxygen atoms in total. The number of halogens is 3. The third-order valence-electron chi connectivity index (χ3n) is 5.98. The molecular weight excluding hydrogens is 471 g/mol. The molecule has 13 heteroatoms. The van der Waals surface area contributed by atoms with Crippen molar-refractivity contribution in [3.8, 4) is 0 Å². The molecule has 0 radical (unpaired) electrons. The van der Waals surface area contributed by atoms with Crippen LogP contribution in [-0.2, 0) is 35.2 Å². The number of esters is 1. The average molecular weight is 496 g/mol. The minimum absolute atomic E-state index is 0.113. The van der Waals surface area contributed by atoms with Gasteiger partial charge in [0.05, 0.1) is 18.5 Å². The second-order valence-electron chi connectivity index (χ2n) is 8.51. The highest BCUT2D eigenvalue weighted by molar-refractivity contribution is 7.18. The number of anilines is 2. The highest BCUT2D eigenvalue weighted by Gasteiger charge is 2.40. The van der Waals surface area contributed by atoms with Gasteiger partial charge in [-0.2, -0.15) is 18.2 Å². The van der Waals surface area contributed by atoms with Crippen molar-refractivity contribution < 1.29 is 22.7 Å². The molecule has 0 bridgehead atoms. The maximum atomic E-state index is 13.3. The quantitative estimate of drug-likeness (QED) is 0.498. The second-order valence-corrected chi connectivity index (χ2v) is 9.62. The molecule has 0 N–H and O–H groups in total. The Hall–Kier alpha value is -2.96. The maximum absolute atomic E-state index is 13.3. The van der Waals surface area contributed by atoms with E-state index in [0.717, 1.165) is 27.6 Å². The Morgan fingerprint density at radius 3 is 2.76 bits per heavy atom. The van der Waals surface area contributed by atoms with E-state index in [-0.39, 0.29) is 31.0 Å². The lowest BCUT2D eigenvalue weighted by Crippen LogP contribution is -2.36. The van der Waals surface area contributed by atoms with Crippen molar-refractivity contribution in [3.05, 3.63) is 22.6 Å². The van der Waals surface area contributed by atoms with Crippen LogP contribution in [0.1, 0.15) is 43.2 Å². The van der Waals surface area contributed by atoms with Gasteiger partial charge in [0.1, 0.15) is 16.8 Å². The average Bonchev–Trinajstić information content (AvgIpc) is 3.49. The van der Waals surface area contributed by atoms with Gasteiger partial charge in [0.25, 0.3) is 0 Å². The minimum Gasteiger partial charge on any atom is -0.461 e. The summed E-state index contributed by atoms with van der Waals surface area (Å²) in [4.78, 5) is 26.9. The van der Waals surface area contributed by atoms with E-state index in [0.29, 0.717) is 37.8 Å². The lowest BCUT2D eigenvalue weighted by atomic mass is 10.2. The summed E-state index contributed by atoms with van der Waals surface area (Å²) in [5, 5.41) is 8.07. The highest BCUT2D eigenvalue weighted by atomic mass is 32.1. The van der Waals surface area contributed by atoms with Crippen molar-refractivity contribution in [2.24, 2.45) is 0 Å². The van der Waals surface area contributed by atoms with Crippen LogP contribution in [0.5, 0.6) is 0 Å². The summed E-state index contributed by atoms with van der Waals surface area (Å²) in [6.07, 6.45) is -2.16. The molecule has 1 saturated heterocycles. The predicted molar refractivity (Wildman–Crippen MR) is 120 cm³/mol. The molecule has 2 aliphatic rings. The number of fused-ring (bicyclic) bond motifs is 2. The number of nitrogens with zero attached hydrogens (tertiary/aromatic N) is 7. The molecule has 0 amide bonds. The molecule has 1 atom stereocenters. The third kappa shape index (κ3) is 4.28. The van der Waals surface area contributed by atoms with Gasteiger partial charge in [-0.1, -0.05) is 13.3 Å². The van der Waals surface area contributed by atoms with Crippen molar-refractivity contribution in [3.63, 3.8) is 0 Å². The van der Waals surface area contributed by atoms with Gasteiger partial charge in [0, 0.05) is 37.9 Å². The number of hydrogen-bond acceptors (Lipinski definition) is 9. The van der Waals surface area contributed by atoms with E-state index in [1.807, 2.05) is 9.80 Å². The Kier molecular flexibility index (Phi) is 5.82. The zero-order valence-electron chi connectivity index (χ0n) is 18.8. The summed E-state index contributed by atoms with van der Waals surface area (Å²) in [6.45, 7) is 5.28. The van der Waals surface area contributed by atoms with Gasteiger partial charge in [-0.25, -0.2) is 4.98 Å². The van der Waals surface area contributed by atoms with Crippen molar-refractivity contribution in [2.75, 3.05) is 29.4 Å². The number of alkyl halides is 3. The second kappa shape index (κ2) is 8.67. The van der Waals surface area contributed by atoms with Crippen LogP contribution in [0.2, 0.25) is 0 Å². The van der Waals surface area contributed by atoms with E-state index in [9.17, 15) is 18.0 Å². The van der Waals surface area contributed by atoms with Crippen molar-refractivity contribution in [2.45, 2.75) is 58.5 Å². The number of ether oxygens (including phenoxy) is 1. The van der Waals surface area contributed by atoms with Crippen LogP contribution in [0.4, 0.5) is 24.9 Å². The molecule has 34 heavy (non-hydrogen) atoms. The maximum Gasteiger partial charge on any atom is 0.451 e. The highest BCUT2D eigenvalue weighted by Crippen LogP contribution is 2.36. The van der Waals surface area contributed by atoms with Crippen LogP contribution in [0, 0.1) is 0 Å². The van der Waals surface area contributed by atoms with Gasteiger partial charge < -0.3 is 19.1 Å². The number of aromatic nitrogens is 5. The summed E-state index contributed by atoms with van der Waals surface area (Å²) in [7, 11) is 0. The van der Waals surface area contributed by atoms with Crippen LogP contribution in [0.3, 0.4) is 0 Å². The molecule has 2 aliphatic heterocycles. The lowest BCUT2D eigenvalue weighted by Gasteiger charge is -2.30. The Balaban J connectivity index is 1.49. The molecule has 1 fully saturated rings. The zero-order valence-corrected chi connectivity index (χ0v) is 19.6. The first-order valence-electron chi connectivity index (χ1n) is 11.2. The zero-order chi connectivity index (χ0) is 24.0. The van der Waals surface area contributed by atoms with Crippen LogP contribution >= 0.6 is 11.3 Å². The molecule has 0 aliphatic carbocycles. The van der Waals surface area contributed by atoms with E-state index < -0.39 is 12.0 Å². The first-order chi connectivity index (χ1) is 16.2. The fraction of sp³-hybridized carbons (Fsp3) is 0.571. The standard InChI is InChI=1S/C21H24F3N7O2S/c1-3-4-14-9-15-17(29-7-8-31-16(11-29)27-28-19(31)21(22,23)24)25-20(26-18(15)34-14)30-6-5-13(10-30)33-12(2)32/h9,13H,3-8,10-11H2,1-2H3/t13-/m1/s1. The number of hydrogen-bond donors (Lipinski definition) is 0. The Labute approximate surface area is 197 Å². The van der Waals surface area contributed by atoms with E-state index in [1.54, 1.807) is 11.3 Å². The monoisotopic (exact) mass is 495 g/mol. The number of aryl methyl sites for hydroxylation is 1. The fourth-order valence-corrected chi connectivity index (χ4v) is 5.61. The van der Waals surface area contributed by atoms with Crippen molar-refractivity contribution in [1.29, 1.82) is 0 Å². The first-order valence-corrected chi connectivity index (χ1v) is 12.0. The van der Waals surface area contributed by atoms with Gasteiger partial charge in [-0.05, 0) is 12.5 Å². The number of carbonyl (C=O) groups is 1. The third-order valence-corrected chi connectivity index (χ3v) is 7.06. The van der Waals surface area contributed by atoms with Gasteiger partial charge in [0.2, 0.25) is 11.8 Å². The molecule has 0 unspecified atom stereocenters. The largest absolute Gasteiger partial charge is 0.461 e. The molecule has 5 heterocycles. The number of thiophene rings is 1. The summed E-state index contributed by atoms with van der Waals surface area (Å²) >= 11 is 1.61. The summed E-state index contributed by atoms with van der Waals surface area (Å²) in [5.74, 6) is 0.182. The molecule has 5 rings (SSSR count). The van der Waals surface area contributed by atoms with E-state index in [4.69, 9.17) is 14.7 Å². The molecular formula is C21H24F3N7O2S. The van der Waals surface area contributed by atoms with Gasteiger partial charge in [-0.3, -0.25) is 4.79 Å². The smallest absolute Gasteiger partial charge is 0.451 e. The molecule has 0 saturated carbocycles. The van der Waals surface area contributed by atoms with Crippen molar-refractivity contribution >= 4 is 39.3 Å². The fourth-order valence-electron chi connectivity index (χ4n) is 4.49. The number of carbonyl (C=O) groups excluding carboxylic acids is 1. The Bertz CT molecular complexity index is 1230. The molecule has 3 aromatic heterocycles. The van der Waals surface area contributed by atoms with Crippen LogP contribution in [0.25, 0.3) is 10.2 Å². The Morgan fingerprint density at radius 1 is 1.21 bits per heavy atom. The van der Waals surface area contributed by atoms with Crippen LogP contribution in [-0.4, -0.2) is 56.4 Å². The summed E-state index contributed by atoms with van der Waals surface area (Å²) < 4.78 is 46.3. The Morgan fingerprint density at radius 2 is 2.03 bits per heavy atom. The lowest BCUT2D eigenvalue weighted by molar-refractivity contribution is -0.147. The van der Waals surface area contributed by atoms with Gasteiger partial charge in [-0.15, -0.1) is 21.5 Å². The van der Waals surface area contributed by atoms with Crippen molar-refractivity contribution in [1.82, 2.24) is 24.7 Å². The number of rotatable bonds is 5. The topological polar surface area (TPSA) is 89.3 Å². The molecule has 0 aromatic carbocycles. The van der Waals surface area contributed by atoms with Gasteiger partial charge >= 0.3 is 12.1 Å². The summed E-state index contributed by atoms with van der Waals surface area (Å²) in [5.41, 5.74) is 0. The minimum atomic E-state index is -4.54. The predicted octanol–water partition coefficient (Wildman–Crippen LogP) is 3.42. The van der Waals surface area contributed by atoms with E-state index in [1.165, 1.54) is 11.8 Å². The molecule has 0 spiro atoms. The normalized spacial score (nSPS) is 18.6. The van der Waals surface area contributed by atoms with Crippen LogP contribution in [0.15, 0.2) is 6.07 Å². The van der Waals surface area contributed by atoms with Gasteiger partial charge in [0.15, 0.2) is 5.82 Å². The molecule has 182 valence electrons. The molecule has 3 aromatic rings. The first kappa shape index (κ1) is 22.8. The van der Waals surface area contributed by atoms with Crippen LogP contribution < -0.4 is 9.80 Å².